The molecule has 2 aromatic rings. The molecule has 0 spiro atoms. The van der Waals surface area contributed by atoms with Gasteiger partial charge in [-0.25, -0.2) is 4.98 Å². The molecule has 18 heavy (non-hydrogen) atoms. The summed E-state index contributed by atoms with van der Waals surface area (Å²) in [4.78, 5) is 6.79. The van der Waals surface area contributed by atoms with Crippen LogP contribution in [0.15, 0.2) is 18.2 Å². The predicted molar refractivity (Wildman–Crippen MR) is 70.1 cm³/mol. The molecule has 1 atom stereocenters. The molecule has 0 fully saturated rings. The van der Waals surface area contributed by atoms with Crippen LogP contribution in [-0.4, -0.2) is 16.0 Å². The van der Waals surface area contributed by atoms with E-state index in [4.69, 9.17) is 0 Å². The van der Waals surface area contributed by atoms with Crippen molar-refractivity contribution >= 4 is 5.69 Å². The summed E-state index contributed by atoms with van der Waals surface area (Å²) < 4.78 is 13.7. The van der Waals surface area contributed by atoms with Gasteiger partial charge in [-0.1, -0.05) is 6.07 Å². The van der Waals surface area contributed by atoms with Crippen molar-refractivity contribution in [2.24, 2.45) is 0 Å². The van der Waals surface area contributed by atoms with E-state index in [2.05, 4.69) is 22.2 Å². The highest BCUT2D eigenvalue weighted by Gasteiger charge is 2.16. The Hall–Kier alpha value is -1.84. The highest BCUT2D eigenvalue weighted by atomic mass is 19.1. The molecule has 0 radical (unpaired) electrons. The number of hydrogen-bond donors (Lipinski definition) is 2. The van der Waals surface area contributed by atoms with Gasteiger partial charge in [0, 0.05) is 17.3 Å². The van der Waals surface area contributed by atoms with Crippen LogP contribution in [0.5, 0.6) is 0 Å². The lowest BCUT2D eigenvalue weighted by Gasteiger charge is -2.24. The van der Waals surface area contributed by atoms with E-state index >= 15 is 0 Å². The van der Waals surface area contributed by atoms with E-state index in [9.17, 15) is 4.39 Å². The van der Waals surface area contributed by atoms with E-state index in [-0.39, 0.29) is 5.95 Å². The Bertz CT molecular complexity index is 589. The molecule has 2 heterocycles. The minimum Gasteiger partial charge on any atom is -0.382 e. The molecular formula is C14H16FN3. The van der Waals surface area contributed by atoms with Gasteiger partial charge in [0.25, 0.3) is 0 Å². The zero-order valence-corrected chi connectivity index (χ0v) is 10.5. The van der Waals surface area contributed by atoms with Crippen LogP contribution in [0.3, 0.4) is 0 Å². The first kappa shape index (κ1) is 11.3. The summed E-state index contributed by atoms with van der Waals surface area (Å²) in [5, 5.41) is 3.44. The topological polar surface area (TPSA) is 40.7 Å². The maximum Gasteiger partial charge on any atom is 0.218 e. The first-order valence-corrected chi connectivity index (χ1v) is 6.25. The van der Waals surface area contributed by atoms with Crippen LogP contribution in [-0.2, 0) is 6.42 Å². The number of aromatic amines is 1. The monoisotopic (exact) mass is 245 g/mol. The second kappa shape index (κ2) is 4.12. The largest absolute Gasteiger partial charge is 0.382 e. The van der Waals surface area contributed by atoms with Gasteiger partial charge in [0.05, 0.1) is 0 Å². The van der Waals surface area contributed by atoms with Gasteiger partial charge in [-0.05, 0) is 44.4 Å². The van der Waals surface area contributed by atoms with Gasteiger partial charge in [-0.3, -0.25) is 0 Å². The molecule has 0 amide bonds. The van der Waals surface area contributed by atoms with Gasteiger partial charge < -0.3 is 10.3 Å². The van der Waals surface area contributed by atoms with Crippen molar-refractivity contribution in [2.45, 2.75) is 32.7 Å². The quantitative estimate of drug-likeness (QED) is 0.809. The van der Waals surface area contributed by atoms with Crippen molar-refractivity contribution in [3.63, 3.8) is 0 Å². The predicted octanol–water partition coefficient (Wildman–Crippen LogP) is 3.27. The molecule has 1 aromatic heterocycles. The van der Waals surface area contributed by atoms with Crippen molar-refractivity contribution in [1.29, 1.82) is 0 Å². The zero-order valence-electron chi connectivity index (χ0n) is 10.5. The Labute approximate surface area is 105 Å². The molecule has 0 bridgehead atoms. The molecular weight excluding hydrogens is 229 g/mol. The normalized spacial score (nSPS) is 18.3. The third-order valence-electron chi connectivity index (χ3n) is 3.41. The number of fused-ring (bicyclic) bond motifs is 1. The highest BCUT2D eigenvalue weighted by molar-refractivity contribution is 5.67. The molecule has 2 N–H and O–H groups in total. The minimum absolute atomic E-state index is 0.357. The number of aryl methyl sites for hydroxylation is 2. The number of anilines is 1. The second-order valence-corrected chi connectivity index (χ2v) is 4.94. The van der Waals surface area contributed by atoms with E-state index in [1.54, 1.807) is 6.92 Å². The number of aromatic nitrogens is 2. The number of imidazole rings is 1. The first-order chi connectivity index (χ1) is 8.63. The molecule has 0 aliphatic carbocycles. The molecule has 1 unspecified atom stereocenters. The maximum absolute atomic E-state index is 13.7. The van der Waals surface area contributed by atoms with Crippen LogP contribution in [0.4, 0.5) is 10.1 Å². The third-order valence-corrected chi connectivity index (χ3v) is 3.41. The van der Waals surface area contributed by atoms with E-state index in [0.717, 1.165) is 24.1 Å². The first-order valence-electron chi connectivity index (χ1n) is 6.25. The van der Waals surface area contributed by atoms with Crippen molar-refractivity contribution in [3.8, 4) is 11.3 Å². The molecule has 1 aliphatic heterocycles. The summed E-state index contributed by atoms with van der Waals surface area (Å²) in [7, 11) is 0. The fraction of sp³-hybridized carbons (Fsp3) is 0.357. The van der Waals surface area contributed by atoms with Crippen LogP contribution in [0, 0.1) is 12.9 Å². The van der Waals surface area contributed by atoms with Crippen LogP contribution < -0.4 is 5.32 Å². The van der Waals surface area contributed by atoms with Gasteiger partial charge in [0.1, 0.15) is 11.5 Å². The van der Waals surface area contributed by atoms with Gasteiger partial charge in [-0.2, -0.15) is 4.39 Å². The Balaban J connectivity index is 2.02. The Kier molecular flexibility index (Phi) is 2.58. The summed E-state index contributed by atoms with van der Waals surface area (Å²) in [5.41, 5.74) is 3.65. The molecule has 1 aliphatic rings. The summed E-state index contributed by atoms with van der Waals surface area (Å²) >= 11 is 0. The number of nitrogens with one attached hydrogen (secondary N) is 2. The van der Waals surface area contributed by atoms with Crippen LogP contribution in [0.25, 0.3) is 11.3 Å². The van der Waals surface area contributed by atoms with E-state index in [1.165, 1.54) is 5.56 Å². The Morgan fingerprint density at radius 1 is 1.39 bits per heavy atom. The van der Waals surface area contributed by atoms with Gasteiger partial charge in [0.15, 0.2) is 0 Å². The molecule has 0 saturated carbocycles. The zero-order chi connectivity index (χ0) is 12.7. The van der Waals surface area contributed by atoms with Crippen LogP contribution in [0.2, 0.25) is 0 Å². The fourth-order valence-corrected chi connectivity index (χ4v) is 2.45. The SMILES string of the molecule is Cc1nc(-c2ccc3c(c2)CCC(C)N3)c(F)[nH]1. The standard InChI is InChI=1S/C14H16FN3/c1-8-3-4-10-7-11(5-6-12(10)16-8)13-14(15)18-9(2)17-13/h5-8,16H,3-4H2,1-2H3,(H,17,18). The number of rotatable bonds is 1. The molecule has 1 aromatic carbocycles. The summed E-state index contributed by atoms with van der Waals surface area (Å²) in [6.07, 6.45) is 2.14. The Morgan fingerprint density at radius 2 is 2.22 bits per heavy atom. The Morgan fingerprint density at radius 3 is 2.94 bits per heavy atom. The summed E-state index contributed by atoms with van der Waals surface area (Å²) in [6.45, 7) is 3.93. The van der Waals surface area contributed by atoms with Gasteiger partial charge in [-0.15, -0.1) is 0 Å². The van der Waals surface area contributed by atoms with E-state index in [0.29, 0.717) is 17.6 Å². The van der Waals surface area contributed by atoms with Gasteiger partial charge >= 0.3 is 0 Å². The lowest BCUT2D eigenvalue weighted by molar-refractivity contribution is 0.592. The molecule has 0 saturated heterocycles. The summed E-state index contributed by atoms with van der Waals surface area (Å²) in [5.74, 6) is 0.247. The number of benzene rings is 1. The molecule has 3 nitrogen and oxygen atoms in total. The van der Waals surface area contributed by atoms with Crippen molar-refractivity contribution in [3.05, 3.63) is 35.5 Å². The third kappa shape index (κ3) is 1.88. The van der Waals surface area contributed by atoms with Crippen molar-refractivity contribution in [2.75, 3.05) is 5.32 Å². The molecule has 3 rings (SSSR count). The van der Waals surface area contributed by atoms with Gasteiger partial charge in [0.2, 0.25) is 5.95 Å². The van der Waals surface area contributed by atoms with Crippen molar-refractivity contribution in [1.82, 2.24) is 9.97 Å². The smallest absolute Gasteiger partial charge is 0.218 e. The lowest BCUT2D eigenvalue weighted by atomic mass is 9.96. The number of H-pyrrole nitrogens is 1. The average molecular weight is 245 g/mol. The average Bonchev–Trinajstić information content (AvgIpc) is 2.68. The van der Waals surface area contributed by atoms with Crippen molar-refractivity contribution < 1.29 is 4.39 Å². The molecule has 4 heteroatoms. The van der Waals surface area contributed by atoms with Crippen LogP contribution >= 0.6 is 0 Å². The number of nitrogens with zero attached hydrogens (tertiary/aromatic N) is 1. The van der Waals surface area contributed by atoms with E-state index < -0.39 is 0 Å². The maximum atomic E-state index is 13.7. The summed E-state index contributed by atoms with van der Waals surface area (Å²) in [6, 6.07) is 6.48. The second-order valence-electron chi connectivity index (χ2n) is 4.94. The number of hydrogen-bond acceptors (Lipinski definition) is 2. The van der Waals surface area contributed by atoms with E-state index in [1.807, 2.05) is 18.2 Å². The number of halogens is 1. The minimum atomic E-state index is -0.357. The molecule has 94 valence electrons. The lowest BCUT2D eigenvalue weighted by Crippen LogP contribution is -2.21. The fourth-order valence-electron chi connectivity index (χ4n) is 2.45. The highest BCUT2D eigenvalue weighted by Crippen LogP contribution is 2.30. The van der Waals surface area contributed by atoms with Crippen LogP contribution in [0.1, 0.15) is 24.7 Å².